The lowest BCUT2D eigenvalue weighted by Gasteiger charge is -1.94. The van der Waals surface area contributed by atoms with Crippen LogP contribution in [-0.2, 0) is 4.74 Å². The molecule has 0 spiro atoms. The van der Waals surface area contributed by atoms with Crippen molar-refractivity contribution in [2.75, 3.05) is 13.2 Å². The molecule has 0 unspecified atom stereocenters. The first kappa shape index (κ1) is 12.4. The first-order chi connectivity index (χ1) is 6.41. The molecule has 0 atom stereocenters. The van der Waals surface area contributed by atoms with E-state index in [9.17, 15) is 0 Å². The van der Waals surface area contributed by atoms with Crippen LogP contribution in [0.1, 0.15) is 39.5 Å². The van der Waals surface area contributed by atoms with Crippen LogP contribution in [0.4, 0.5) is 0 Å². The maximum Gasteiger partial charge on any atom is 0.0651 e. The van der Waals surface area contributed by atoms with E-state index in [1.807, 2.05) is 19.1 Å². The van der Waals surface area contributed by atoms with Crippen molar-refractivity contribution in [3.05, 3.63) is 24.3 Å². The molecule has 0 heterocycles. The number of unbranched alkanes of at least 4 members (excludes halogenated alkanes) is 3. The lowest BCUT2D eigenvalue weighted by molar-refractivity contribution is 0.193. The number of allylic oxidation sites excluding steroid dienone is 2. The van der Waals surface area contributed by atoms with E-state index in [4.69, 9.17) is 4.74 Å². The third-order valence-corrected chi connectivity index (χ3v) is 1.80. The molecule has 0 rings (SSSR count). The number of rotatable bonds is 8. The zero-order valence-electron chi connectivity index (χ0n) is 8.96. The fourth-order valence-electron chi connectivity index (χ4n) is 0.998. The minimum absolute atomic E-state index is 0.732. The molecule has 76 valence electrons. The topological polar surface area (TPSA) is 9.23 Å². The highest BCUT2D eigenvalue weighted by atomic mass is 16.5. The summed E-state index contributed by atoms with van der Waals surface area (Å²) in [5.41, 5.74) is 0. The second-order valence-electron chi connectivity index (χ2n) is 3.07. The van der Waals surface area contributed by atoms with Crippen LogP contribution in [0.15, 0.2) is 24.3 Å². The van der Waals surface area contributed by atoms with Crippen LogP contribution < -0.4 is 0 Å². The highest BCUT2D eigenvalue weighted by molar-refractivity contribution is 4.82. The average Bonchev–Trinajstić information content (AvgIpc) is 2.16. The number of ether oxygens (including phenoxy) is 1. The van der Waals surface area contributed by atoms with E-state index in [1.165, 1.54) is 25.7 Å². The molecule has 0 saturated heterocycles. The molecule has 0 aromatic rings. The van der Waals surface area contributed by atoms with Gasteiger partial charge in [0.15, 0.2) is 0 Å². The van der Waals surface area contributed by atoms with Crippen molar-refractivity contribution < 1.29 is 4.74 Å². The van der Waals surface area contributed by atoms with E-state index < -0.39 is 0 Å². The second-order valence-corrected chi connectivity index (χ2v) is 3.07. The summed E-state index contributed by atoms with van der Waals surface area (Å²) in [6, 6.07) is 0. The van der Waals surface area contributed by atoms with Crippen molar-refractivity contribution in [3.63, 3.8) is 0 Å². The summed E-state index contributed by atoms with van der Waals surface area (Å²) in [6.45, 7) is 5.71. The van der Waals surface area contributed by atoms with Crippen LogP contribution in [0.2, 0.25) is 0 Å². The molecule has 0 N–H and O–H groups in total. The predicted molar refractivity (Wildman–Crippen MR) is 58.9 cm³/mol. The Morgan fingerprint density at radius 3 is 2.46 bits per heavy atom. The van der Waals surface area contributed by atoms with Gasteiger partial charge >= 0.3 is 0 Å². The van der Waals surface area contributed by atoms with Gasteiger partial charge < -0.3 is 4.74 Å². The van der Waals surface area contributed by atoms with Gasteiger partial charge in [0.1, 0.15) is 0 Å². The van der Waals surface area contributed by atoms with Crippen molar-refractivity contribution in [1.29, 1.82) is 0 Å². The van der Waals surface area contributed by atoms with Crippen LogP contribution in [0, 0.1) is 0 Å². The molecule has 0 aliphatic carbocycles. The molecule has 0 saturated carbocycles. The Hall–Kier alpha value is -0.560. The van der Waals surface area contributed by atoms with E-state index >= 15 is 0 Å². The minimum Gasteiger partial charge on any atom is -0.373 e. The molecule has 0 aliphatic heterocycles. The standard InChI is InChI=1S/C12H22O/c1-3-5-7-8-9-10-12-13-11-6-4-2/h4,6,9-10H,3,5,7-8,11-12H2,1-2H3. The molecule has 0 aromatic carbocycles. The van der Waals surface area contributed by atoms with Crippen LogP contribution in [-0.4, -0.2) is 13.2 Å². The summed E-state index contributed by atoms with van der Waals surface area (Å²) in [4.78, 5) is 0. The number of hydrogen-bond acceptors (Lipinski definition) is 1. The lowest BCUT2D eigenvalue weighted by Crippen LogP contribution is -1.89. The Morgan fingerprint density at radius 1 is 1.00 bits per heavy atom. The van der Waals surface area contributed by atoms with Crippen molar-refractivity contribution in [3.8, 4) is 0 Å². The lowest BCUT2D eigenvalue weighted by atomic mass is 10.2. The molecule has 0 fully saturated rings. The fourth-order valence-corrected chi connectivity index (χ4v) is 0.998. The highest BCUT2D eigenvalue weighted by Crippen LogP contribution is 1.99. The normalized spacial score (nSPS) is 11.8. The van der Waals surface area contributed by atoms with E-state index in [0.29, 0.717) is 0 Å². The van der Waals surface area contributed by atoms with Crippen LogP contribution in [0.25, 0.3) is 0 Å². The minimum atomic E-state index is 0.732. The molecule has 0 amide bonds. The van der Waals surface area contributed by atoms with Gasteiger partial charge in [0.2, 0.25) is 0 Å². The molecule has 0 aromatic heterocycles. The fraction of sp³-hybridized carbons (Fsp3) is 0.667. The summed E-state index contributed by atoms with van der Waals surface area (Å²) in [5, 5.41) is 0. The quantitative estimate of drug-likeness (QED) is 0.410. The van der Waals surface area contributed by atoms with Crippen LogP contribution in [0.5, 0.6) is 0 Å². The van der Waals surface area contributed by atoms with Crippen molar-refractivity contribution in [2.45, 2.75) is 39.5 Å². The predicted octanol–water partition coefficient (Wildman–Crippen LogP) is 3.72. The van der Waals surface area contributed by atoms with Crippen LogP contribution in [0.3, 0.4) is 0 Å². The Labute approximate surface area is 82.5 Å². The molecular formula is C12H22O. The van der Waals surface area contributed by atoms with Gasteiger partial charge in [-0.15, -0.1) is 0 Å². The Morgan fingerprint density at radius 2 is 1.77 bits per heavy atom. The molecule has 0 aliphatic rings. The molecule has 0 bridgehead atoms. The SMILES string of the molecule is CC=CCOCC=CCCCCC. The van der Waals surface area contributed by atoms with Gasteiger partial charge in [0.25, 0.3) is 0 Å². The summed E-state index contributed by atoms with van der Waals surface area (Å²) in [5.74, 6) is 0. The smallest absolute Gasteiger partial charge is 0.0651 e. The van der Waals surface area contributed by atoms with E-state index in [-0.39, 0.29) is 0 Å². The summed E-state index contributed by atoms with van der Waals surface area (Å²) >= 11 is 0. The van der Waals surface area contributed by atoms with Crippen LogP contribution >= 0.6 is 0 Å². The van der Waals surface area contributed by atoms with Gasteiger partial charge in [-0.2, -0.15) is 0 Å². The summed E-state index contributed by atoms with van der Waals surface area (Å²) in [7, 11) is 0. The van der Waals surface area contributed by atoms with Gasteiger partial charge in [0, 0.05) is 0 Å². The van der Waals surface area contributed by atoms with Gasteiger partial charge in [-0.25, -0.2) is 0 Å². The summed E-state index contributed by atoms with van der Waals surface area (Å²) < 4.78 is 5.31. The molecule has 13 heavy (non-hydrogen) atoms. The monoisotopic (exact) mass is 182 g/mol. The van der Waals surface area contributed by atoms with Gasteiger partial charge in [-0.05, 0) is 19.8 Å². The maximum atomic E-state index is 5.31. The molecule has 0 radical (unpaired) electrons. The zero-order chi connectivity index (χ0) is 9.78. The maximum absolute atomic E-state index is 5.31. The first-order valence-corrected chi connectivity index (χ1v) is 5.25. The van der Waals surface area contributed by atoms with E-state index in [1.54, 1.807) is 0 Å². The molecular weight excluding hydrogens is 160 g/mol. The third kappa shape index (κ3) is 11.4. The van der Waals surface area contributed by atoms with Crippen molar-refractivity contribution in [1.82, 2.24) is 0 Å². The molecule has 1 heteroatoms. The van der Waals surface area contributed by atoms with Gasteiger partial charge in [-0.3, -0.25) is 0 Å². The Bertz CT molecular complexity index is 136. The Kier molecular flexibility index (Phi) is 10.9. The first-order valence-electron chi connectivity index (χ1n) is 5.25. The summed E-state index contributed by atoms with van der Waals surface area (Å²) in [6.07, 6.45) is 13.5. The molecule has 1 nitrogen and oxygen atoms in total. The van der Waals surface area contributed by atoms with Crippen molar-refractivity contribution >= 4 is 0 Å². The van der Waals surface area contributed by atoms with Crippen molar-refractivity contribution in [2.24, 2.45) is 0 Å². The average molecular weight is 182 g/mol. The number of hydrogen-bond donors (Lipinski definition) is 0. The highest BCUT2D eigenvalue weighted by Gasteiger charge is 1.81. The van der Waals surface area contributed by atoms with E-state index in [0.717, 1.165) is 13.2 Å². The largest absolute Gasteiger partial charge is 0.373 e. The third-order valence-electron chi connectivity index (χ3n) is 1.80. The second kappa shape index (κ2) is 11.4. The Balaban J connectivity index is 3.03. The van der Waals surface area contributed by atoms with Gasteiger partial charge in [0.05, 0.1) is 13.2 Å². The van der Waals surface area contributed by atoms with Gasteiger partial charge in [-0.1, -0.05) is 44.1 Å². The zero-order valence-corrected chi connectivity index (χ0v) is 8.96. The van der Waals surface area contributed by atoms with E-state index in [2.05, 4.69) is 19.1 Å².